The molecule has 0 heterocycles. The Morgan fingerprint density at radius 2 is 1.53 bits per heavy atom. The van der Waals surface area contributed by atoms with Crippen LogP contribution in [0.1, 0.15) is 0 Å². The summed E-state index contributed by atoms with van der Waals surface area (Å²) in [5.41, 5.74) is 0. The van der Waals surface area contributed by atoms with Crippen LogP contribution in [0.2, 0.25) is 0 Å². The first-order valence-corrected chi connectivity index (χ1v) is 11.2. The van der Waals surface area contributed by atoms with Crippen molar-refractivity contribution in [2.24, 2.45) is 0 Å². The summed E-state index contributed by atoms with van der Waals surface area (Å²) in [6.07, 6.45) is 0. The lowest BCUT2D eigenvalue weighted by atomic mass is 10.2. The first kappa shape index (κ1) is 19.4. The Kier molecular flexibility index (Phi) is 15.4. The van der Waals surface area contributed by atoms with Gasteiger partial charge in [0, 0.05) is 39.3 Å². The minimum Gasteiger partial charge on any atom is -0.792 e. The monoisotopic (exact) mass is 365 g/mol. The van der Waals surface area contributed by atoms with Crippen LogP contribution >= 0.6 is 73.2 Å². The molecule has 0 unspecified atom stereocenters. The normalized spacial score (nSPS) is 12.0. The molecule has 0 amide bonds. The Balaban J connectivity index is 3.75. The van der Waals surface area contributed by atoms with Crippen LogP contribution < -0.4 is 0 Å². The molecule has 0 nitrogen and oxygen atoms in total. The van der Waals surface area contributed by atoms with E-state index in [2.05, 4.69) is 37.9 Å². The second-order valence-electron chi connectivity index (χ2n) is 3.44. The van der Waals surface area contributed by atoms with Gasteiger partial charge in [-0.2, -0.15) is 78.9 Å². The summed E-state index contributed by atoms with van der Waals surface area (Å²) in [5, 5.41) is 0. The van der Waals surface area contributed by atoms with Crippen LogP contribution in [0, 0.1) is 0 Å². The molecular formula is C10H21S7-. The highest BCUT2D eigenvalue weighted by molar-refractivity contribution is 8.06. The number of hydrogen-bond donors (Lipinski definition) is 3. The predicted octanol–water partition coefficient (Wildman–Crippen LogP) is 3.26. The van der Waals surface area contributed by atoms with Crippen LogP contribution in [0.3, 0.4) is 0 Å². The highest BCUT2D eigenvalue weighted by Gasteiger charge is 2.27. The van der Waals surface area contributed by atoms with E-state index in [1.807, 2.05) is 35.3 Å². The summed E-state index contributed by atoms with van der Waals surface area (Å²) < 4.78 is 0.211. The van der Waals surface area contributed by atoms with Crippen LogP contribution in [-0.2, 0) is 12.6 Å². The van der Waals surface area contributed by atoms with Crippen molar-refractivity contribution in [2.75, 3.05) is 51.8 Å². The molecule has 17 heavy (non-hydrogen) atoms. The number of hydrogen-bond acceptors (Lipinski definition) is 7. The van der Waals surface area contributed by atoms with Crippen LogP contribution in [0.5, 0.6) is 0 Å². The molecule has 7 heteroatoms. The van der Waals surface area contributed by atoms with Gasteiger partial charge in [-0.3, -0.25) is 0 Å². The van der Waals surface area contributed by atoms with Gasteiger partial charge in [-0.15, -0.1) is 0 Å². The second kappa shape index (κ2) is 13.4. The molecule has 0 aromatic rings. The molecule has 0 radical (unpaired) electrons. The van der Waals surface area contributed by atoms with E-state index in [-0.39, 0.29) is 4.75 Å². The highest BCUT2D eigenvalue weighted by Crippen LogP contribution is 2.32. The third kappa shape index (κ3) is 9.91. The van der Waals surface area contributed by atoms with Gasteiger partial charge < -0.3 is 12.6 Å². The summed E-state index contributed by atoms with van der Waals surface area (Å²) in [7, 11) is 0. The van der Waals surface area contributed by atoms with E-state index in [1.165, 1.54) is 11.5 Å². The number of thiol groups is 3. The Bertz CT molecular complexity index is 161. The fourth-order valence-electron chi connectivity index (χ4n) is 1.07. The van der Waals surface area contributed by atoms with Crippen molar-refractivity contribution in [3.05, 3.63) is 0 Å². The molecule has 0 aliphatic heterocycles. The van der Waals surface area contributed by atoms with Gasteiger partial charge in [-0.25, -0.2) is 0 Å². The highest BCUT2D eigenvalue weighted by atomic mass is 32.2. The van der Waals surface area contributed by atoms with Crippen molar-refractivity contribution >= 4 is 85.8 Å². The van der Waals surface area contributed by atoms with Crippen LogP contribution in [0.4, 0.5) is 0 Å². The maximum absolute atomic E-state index is 4.92. The molecule has 0 bridgehead atoms. The van der Waals surface area contributed by atoms with E-state index in [1.54, 1.807) is 0 Å². The van der Waals surface area contributed by atoms with Crippen molar-refractivity contribution in [1.82, 2.24) is 0 Å². The lowest BCUT2D eigenvalue weighted by molar-refractivity contribution is 0.850. The molecule has 0 aliphatic rings. The Morgan fingerprint density at radius 1 is 0.882 bits per heavy atom. The number of rotatable bonds is 12. The quantitative estimate of drug-likeness (QED) is 0.276. The van der Waals surface area contributed by atoms with Crippen molar-refractivity contribution in [3.8, 4) is 0 Å². The average molecular weight is 366 g/mol. The van der Waals surface area contributed by atoms with E-state index in [0.29, 0.717) is 0 Å². The van der Waals surface area contributed by atoms with Gasteiger partial charge in [0.05, 0.1) is 0 Å². The molecule has 0 saturated carbocycles. The fourth-order valence-corrected chi connectivity index (χ4v) is 6.45. The zero-order valence-corrected chi connectivity index (χ0v) is 15.8. The van der Waals surface area contributed by atoms with Crippen LogP contribution in [0.15, 0.2) is 0 Å². The number of thioether (sulfide) groups is 3. The minimum absolute atomic E-state index is 0.211. The largest absolute Gasteiger partial charge is 0.792 e. The molecule has 0 saturated heterocycles. The molecule has 0 aromatic heterocycles. The van der Waals surface area contributed by atoms with Gasteiger partial charge in [-0.1, -0.05) is 0 Å². The predicted molar refractivity (Wildman–Crippen MR) is 104 cm³/mol. The van der Waals surface area contributed by atoms with Gasteiger partial charge >= 0.3 is 0 Å². The Morgan fingerprint density at radius 3 is 2.06 bits per heavy atom. The van der Waals surface area contributed by atoms with Gasteiger partial charge in [0.15, 0.2) is 0 Å². The first-order chi connectivity index (χ1) is 8.24. The minimum atomic E-state index is 0.211. The van der Waals surface area contributed by atoms with E-state index in [0.717, 1.165) is 40.3 Å². The maximum Gasteiger partial charge on any atom is 0.0426 e. The van der Waals surface area contributed by atoms with E-state index in [9.17, 15) is 0 Å². The van der Waals surface area contributed by atoms with E-state index >= 15 is 0 Å². The lowest BCUT2D eigenvalue weighted by Crippen LogP contribution is -2.33. The van der Waals surface area contributed by atoms with Crippen molar-refractivity contribution in [3.63, 3.8) is 0 Å². The third-order valence-electron chi connectivity index (χ3n) is 2.04. The van der Waals surface area contributed by atoms with Crippen molar-refractivity contribution in [2.45, 2.75) is 4.75 Å². The molecule has 104 valence electrons. The molecular weight excluding hydrogens is 345 g/mol. The van der Waals surface area contributed by atoms with Crippen molar-refractivity contribution in [1.29, 1.82) is 0 Å². The lowest BCUT2D eigenvalue weighted by Gasteiger charge is -2.29. The summed E-state index contributed by atoms with van der Waals surface area (Å²) in [6.45, 7) is 0. The third-order valence-corrected chi connectivity index (χ3v) is 8.80. The average Bonchev–Trinajstić information content (AvgIpc) is 2.38. The molecule has 0 N–H and O–H groups in total. The van der Waals surface area contributed by atoms with Crippen LogP contribution in [0.25, 0.3) is 0 Å². The molecule has 0 rings (SSSR count). The first-order valence-electron chi connectivity index (χ1n) is 5.45. The summed E-state index contributed by atoms with van der Waals surface area (Å²) in [4.78, 5) is 0. The molecule has 0 aromatic carbocycles. The summed E-state index contributed by atoms with van der Waals surface area (Å²) >= 11 is 24.1. The molecule has 0 aliphatic carbocycles. The standard InChI is InChI=1S/C10H22S7/c11-1-3-15-5-6-16-9-10(7-13,8-14)17-4-2-12/h11-14H,1-9H2/p-1. The zero-order chi connectivity index (χ0) is 13.0. The summed E-state index contributed by atoms with van der Waals surface area (Å²) in [6, 6.07) is 0. The van der Waals surface area contributed by atoms with Gasteiger partial charge in [0.2, 0.25) is 0 Å². The van der Waals surface area contributed by atoms with Crippen LogP contribution in [-0.4, -0.2) is 56.5 Å². The molecule has 0 fully saturated rings. The van der Waals surface area contributed by atoms with E-state index < -0.39 is 0 Å². The Labute approximate surface area is 141 Å². The van der Waals surface area contributed by atoms with Crippen molar-refractivity contribution < 1.29 is 0 Å². The van der Waals surface area contributed by atoms with Gasteiger partial charge in [-0.05, 0) is 11.5 Å². The van der Waals surface area contributed by atoms with Gasteiger partial charge in [0.1, 0.15) is 0 Å². The fraction of sp³-hybridized carbons (Fsp3) is 1.00. The van der Waals surface area contributed by atoms with E-state index in [4.69, 9.17) is 12.6 Å². The topological polar surface area (TPSA) is 0 Å². The molecule has 0 spiro atoms. The maximum atomic E-state index is 4.92. The van der Waals surface area contributed by atoms with Gasteiger partial charge in [0.25, 0.3) is 0 Å². The SMILES string of the molecule is [S-]CCSCCSCC(CS)(CS)SCCS. The molecule has 0 atom stereocenters. The smallest absolute Gasteiger partial charge is 0.0426 e. The Hall–Kier alpha value is 2.45. The second-order valence-corrected chi connectivity index (χ2v) is 8.82. The zero-order valence-electron chi connectivity index (χ0n) is 9.84. The summed E-state index contributed by atoms with van der Waals surface area (Å²) in [5.74, 6) is 9.29.